The third-order valence-corrected chi connectivity index (χ3v) is 11.7. The number of unbranched alkanes of at least 4 members (excludes halogenated alkanes) is 18. The number of phenolic OH excluding ortho intramolecular Hbond substituents is 2. The molecule has 53 heavy (non-hydrogen) atoms. The molecular weight excluding hydrogens is 715 g/mol. The van der Waals surface area contributed by atoms with E-state index in [1.54, 1.807) is 6.07 Å². The van der Waals surface area contributed by atoms with E-state index in [-0.39, 0.29) is 45.8 Å². The lowest BCUT2D eigenvalue weighted by Gasteiger charge is -2.10. The normalized spacial score (nSPS) is 12.4. The number of azo groups is 1. The van der Waals surface area contributed by atoms with E-state index in [1.807, 2.05) is 0 Å². The van der Waals surface area contributed by atoms with Gasteiger partial charge in [-0.2, -0.15) is 5.26 Å². The first-order chi connectivity index (χ1) is 25.5. The number of aromatic hydroxyl groups is 2. The number of phenols is 2. The number of rotatable bonds is 29. The van der Waals surface area contributed by atoms with Crippen molar-refractivity contribution in [2.75, 3.05) is 18.5 Å². The van der Waals surface area contributed by atoms with Crippen LogP contribution in [0.1, 0.15) is 142 Å². The molecule has 13 nitrogen and oxygen atoms in total. The van der Waals surface area contributed by atoms with Crippen molar-refractivity contribution in [3.8, 4) is 17.6 Å². The monoisotopic (exact) mass is 775 g/mol. The first-order valence-corrected chi connectivity index (χ1v) is 22.3. The minimum atomic E-state index is -3.89. The molecule has 0 spiro atoms. The fourth-order valence-corrected chi connectivity index (χ4v) is 7.80. The molecule has 5 N–H and O–H groups in total. The number of hydrogen-bond donors (Lipinski definition) is 5. The van der Waals surface area contributed by atoms with E-state index >= 15 is 0 Å². The van der Waals surface area contributed by atoms with Crippen molar-refractivity contribution in [1.82, 2.24) is 9.44 Å². The van der Waals surface area contributed by atoms with Gasteiger partial charge in [-0.3, -0.25) is 5.43 Å². The summed E-state index contributed by atoms with van der Waals surface area (Å²) in [6.45, 7) is 4.97. The number of hydrogen-bond acceptors (Lipinski definition) is 10. The summed E-state index contributed by atoms with van der Waals surface area (Å²) in [5.41, 5.74) is 2.12. The molecular formula is C38H61N7O6S2. The highest BCUT2D eigenvalue weighted by atomic mass is 32.2. The first-order valence-electron chi connectivity index (χ1n) is 19.3. The van der Waals surface area contributed by atoms with Crippen molar-refractivity contribution in [2.24, 2.45) is 15.3 Å². The zero-order valence-corrected chi connectivity index (χ0v) is 33.3. The fraction of sp³-hybridized carbons (Fsp3) is 0.632. The number of nitrogens with zero attached hydrogens (tertiary/aromatic N) is 4. The van der Waals surface area contributed by atoms with Gasteiger partial charge < -0.3 is 10.2 Å². The molecule has 0 unspecified atom stereocenters. The predicted octanol–water partition coefficient (Wildman–Crippen LogP) is 9.53. The average molecular weight is 776 g/mol. The summed E-state index contributed by atoms with van der Waals surface area (Å²) in [6, 6.07) is 8.86. The quantitative estimate of drug-likeness (QED) is 0.0134. The molecule has 0 aromatic heterocycles. The Kier molecular flexibility index (Phi) is 22.6. The van der Waals surface area contributed by atoms with Gasteiger partial charge in [-0.25, -0.2) is 26.3 Å². The van der Waals surface area contributed by atoms with Crippen LogP contribution >= 0.6 is 0 Å². The summed E-state index contributed by atoms with van der Waals surface area (Å²) >= 11 is 0. The van der Waals surface area contributed by atoms with Crippen LogP contribution < -0.4 is 14.9 Å². The lowest BCUT2D eigenvalue weighted by molar-refractivity contribution is 0.475. The zero-order chi connectivity index (χ0) is 38.8. The molecule has 2 aromatic rings. The van der Waals surface area contributed by atoms with Crippen molar-refractivity contribution < 1.29 is 27.0 Å². The second-order valence-electron chi connectivity index (χ2n) is 13.3. The van der Waals surface area contributed by atoms with Gasteiger partial charge in [0.2, 0.25) is 20.0 Å². The molecule has 0 saturated heterocycles. The van der Waals surface area contributed by atoms with E-state index in [0.717, 1.165) is 44.6 Å². The summed E-state index contributed by atoms with van der Waals surface area (Å²) in [5, 5.41) is 41.4. The van der Waals surface area contributed by atoms with Crippen molar-refractivity contribution in [2.45, 2.75) is 152 Å². The van der Waals surface area contributed by atoms with Crippen molar-refractivity contribution in [1.29, 1.82) is 5.26 Å². The summed E-state index contributed by atoms with van der Waals surface area (Å²) in [7, 11) is -7.77. The van der Waals surface area contributed by atoms with E-state index in [0.29, 0.717) is 12.8 Å². The Hall–Kier alpha value is -3.58. The van der Waals surface area contributed by atoms with Crippen LogP contribution in [-0.4, -0.2) is 46.0 Å². The Bertz CT molecular complexity index is 1680. The SMILES string of the molecule is CCCCCCCCCCCCNS(=O)(=O)c1ccc(O)c(N=NC(C#N)=NNc2cc(S(=O)(=O)NCCCCCCCCCCCC)ccc2O)c1. The smallest absolute Gasteiger partial charge is 0.270 e. The molecule has 0 radical (unpaired) electrons. The highest BCUT2D eigenvalue weighted by molar-refractivity contribution is 7.89. The summed E-state index contributed by atoms with van der Waals surface area (Å²) in [5.74, 6) is -1.23. The zero-order valence-electron chi connectivity index (χ0n) is 31.7. The summed E-state index contributed by atoms with van der Waals surface area (Å²) in [6.07, 6.45) is 22.7. The van der Waals surface area contributed by atoms with Gasteiger partial charge in [0.1, 0.15) is 23.3 Å². The Morgan fingerprint density at radius 1 is 0.623 bits per heavy atom. The van der Waals surface area contributed by atoms with E-state index in [4.69, 9.17) is 0 Å². The second kappa shape index (κ2) is 26.2. The van der Waals surface area contributed by atoms with Gasteiger partial charge in [-0.05, 0) is 49.2 Å². The topological polar surface area (TPSA) is 206 Å². The second-order valence-corrected chi connectivity index (χ2v) is 16.9. The van der Waals surface area contributed by atoms with Gasteiger partial charge in [-0.15, -0.1) is 15.3 Å². The number of nitrogens with one attached hydrogen (secondary N) is 3. The van der Waals surface area contributed by atoms with E-state index in [9.17, 15) is 32.3 Å². The van der Waals surface area contributed by atoms with Gasteiger partial charge in [0.05, 0.1) is 15.5 Å². The van der Waals surface area contributed by atoms with Crippen LogP contribution in [0.3, 0.4) is 0 Å². The number of nitriles is 1. The highest BCUT2D eigenvalue weighted by Gasteiger charge is 2.17. The molecule has 0 heterocycles. The number of sulfonamides is 2. The summed E-state index contributed by atoms with van der Waals surface area (Å²) < 4.78 is 56.7. The van der Waals surface area contributed by atoms with Gasteiger partial charge in [0.25, 0.3) is 5.84 Å². The summed E-state index contributed by atoms with van der Waals surface area (Å²) in [4.78, 5) is -0.237. The molecule has 0 fully saturated rings. The molecule has 0 aliphatic rings. The molecule has 296 valence electrons. The van der Waals surface area contributed by atoms with E-state index in [1.165, 1.54) is 107 Å². The van der Waals surface area contributed by atoms with Crippen molar-refractivity contribution in [3.05, 3.63) is 36.4 Å². The van der Waals surface area contributed by atoms with E-state index in [2.05, 4.69) is 44.0 Å². The van der Waals surface area contributed by atoms with Crippen LogP contribution in [0.5, 0.6) is 11.5 Å². The molecule has 2 aromatic carbocycles. The average Bonchev–Trinajstić information content (AvgIpc) is 3.14. The Morgan fingerprint density at radius 2 is 1.04 bits per heavy atom. The van der Waals surface area contributed by atoms with Crippen LogP contribution in [0.15, 0.2) is 61.5 Å². The predicted molar refractivity (Wildman–Crippen MR) is 211 cm³/mol. The molecule has 0 aliphatic heterocycles. The number of hydrazone groups is 1. The van der Waals surface area contributed by atoms with Crippen LogP contribution in [0, 0.1) is 11.3 Å². The number of anilines is 1. The van der Waals surface area contributed by atoms with Gasteiger partial charge in [-0.1, -0.05) is 129 Å². The van der Waals surface area contributed by atoms with Crippen molar-refractivity contribution >= 4 is 37.3 Å². The van der Waals surface area contributed by atoms with Crippen LogP contribution in [0.4, 0.5) is 11.4 Å². The standard InChI is InChI=1S/C38H61N7O6S2/c1-3-5-7-9-11-13-15-17-19-21-27-40-52(48,49)32-23-25-36(46)34(29-32)42-44-38(31-39)45-43-35-30-33(24-26-37(35)47)53(50,51)41-28-22-20-18-16-14-12-10-8-6-4-2/h23-26,29-30,40-42,46-47H,3-22,27-28H2,1-2H3. The molecule has 2 rings (SSSR count). The van der Waals surface area contributed by atoms with Gasteiger partial charge >= 0.3 is 0 Å². The maximum absolute atomic E-state index is 12.9. The first kappa shape index (κ1) is 45.6. The molecule has 0 bridgehead atoms. The molecule has 0 aliphatic carbocycles. The molecule has 15 heteroatoms. The maximum atomic E-state index is 12.9. The van der Waals surface area contributed by atoms with Crippen LogP contribution in [0.2, 0.25) is 0 Å². The maximum Gasteiger partial charge on any atom is 0.270 e. The highest BCUT2D eigenvalue weighted by Crippen LogP contribution is 2.30. The lowest BCUT2D eigenvalue weighted by atomic mass is 10.1. The molecule has 0 saturated carbocycles. The molecule has 0 amide bonds. The van der Waals surface area contributed by atoms with Crippen LogP contribution in [0.25, 0.3) is 0 Å². The number of amidine groups is 1. The fourth-order valence-electron chi connectivity index (χ4n) is 5.61. The Labute approximate surface area is 317 Å². The van der Waals surface area contributed by atoms with Crippen LogP contribution in [-0.2, 0) is 20.0 Å². The lowest BCUT2D eigenvalue weighted by Crippen LogP contribution is -2.24. The molecule has 0 atom stereocenters. The Balaban J connectivity index is 1.89. The third-order valence-electron chi connectivity index (χ3n) is 8.82. The number of benzene rings is 2. The van der Waals surface area contributed by atoms with Gasteiger partial charge in [0, 0.05) is 13.1 Å². The minimum absolute atomic E-state index is 0.0980. The van der Waals surface area contributed by atoms with E-state index < -0.39 is 25.9 Å². The van der Waals surface area contributed by atoms with Gasteiger partial charge in [0.15, 0.2) is 0 Å². The third kappa shape index (κ3) is 18.8. The Morgan fingerprint density at radius 3 is 1.49 bits per heavy atom. The van der Waals surface area contributed by atoms with Crippen molar-refractivity contribution in [3.63, 3.8) is 0 Å². The largest absolute Gasteiger partial charge is 0.506 e. The minimum Gasteiger partial charge on any atom is -0.506 e.